The molecule has 1 aliphatic heterocycles. The van der Waals surface area contributed by atoms with Crippen LogP contribution in [0, 0.1) is 0 Å². The fraction of sp³-hybridized carbons (Fsp3) is 0.714. The third kappa shape index (κ3) is 5.19. The fourth-order valence-electron chi connectivity index (χ4n) is 2.39. The van der Waals surface area contributed by atoms with E-state index in [1.807, 2.05) is 7.05 Å². The molecule has 5 nitrogen and oxygen atoms in total. The van der Waals surface area contributed by atoms with Gasteiger partial charge in [0.1, 0.15) is 0 Å². The van der Waals surface area contributed by atoms with Gasteiger partial charge in [-0.1, -0.05) is 6.42 Å². The third-order valence-corrected chi connectivity index (χ3v) is 4.27. The molecule has 1 amide bonds. The maximum absolute atomic E-state index is 11.7. The summed E-state index contributed by atoms with van der Waals surface area (Å²) in [5, 5.41) is 8.70. The summed E-state index contributed by atoms with van der Waals surface area (Å²) in [6.07, 6.45) is 5.33. The highest BCUT2D eigenvalue weighted by atomic mass is 32.1. The maximum Gasteiger partial charge on any atom is 0.226 e. The number of rotatable bonds is 7. The summed E-state index contributed by atoms with van der Waals surface area (Å²) in [4.78, 5) is 18.6. The van der Waals surface area contributed by atoms with Gasteiger partial charge in [0.25, 0.3) is 0 Å². The largest absolute Gasteiger partial charge is 0.320 e. The van der Waals surface area contributed by atoms with Gasteiger partial charge in [-0.25, -0.2) is 4.98 Å². The lowest BCUT2D eigenvalue weighted by atomic mass is 10.1. The van der Waals surface area contributed by atoms with E-state index in [0.29, 0.717) is 6.42 Å². The topological polar surface area (TPSA) is 57.3 Å². The van der Waals surface area contributed by atoms with E-state index in [0.717, 1.165) is 30.3 Å². The average molecular weight is 296 g/mol. The third-order valence-electron chi connectivity index (χ3n) is 3.46. The molecule has 0 radical (unpaired) electrons. The monoisotopic (exact) mass is 296 g/mol. The van der Waals surface area contributed by atoms with E-state index in [9.17, 15) is 4.79 Å². The number of anilines is 1. The summed E-state index contributed by atoms with van der Waals surface area (Å²) in [7, 11) is 1.89. The molecular formula is C14H24N4OS. The smallest absolute Gasteiger partial charge is 0.226 e. The Kier molecular flexibility index (Phi) is 6.42. The second-order valence-electron chi connectivity index (χ2n) is 5.24. The van der Waals surface area contributed by atoms with Crippen LogP contribution in [0.1, 0.15) is 37.8 Å². The van der Waals surface area contributed by atoms with Crippen LogP contribution >= 0.6 is 11.3 Å². The number of piperidine rings is 1. The molecule has 20 heavy (non-hydrogen) atoms. The molecule has 6 heteroatoms. The number of aromatic nitrogens is 1. The molecule has 0 spiro atoms. The van der Waals surface area contributed by atoms with Crippen molar-refractivity contribution in [1.29, 1.82) is 0 Å². The Hall–Kier alpha value is -0.980. The first-order chi connectivity index (χ1) is 9.78. The summed E-state index contributed by atoms with van der Waals surface area (Å²) in [6.45, 7) is 4.12. The number of thiazole rings is 1. The number of nitrogens with one attached hydrogen (secondary N) is 2. The molecule has 1 aromatic heterocycles. The van der Waals surface area contributed by atoms with E-state index in [1.54, 1.807) is 0 Å². The van der Waals surface area contributed by atoms with Crippen LogP contribution < -0.4 is 10.6 Å². The van der Waals surface area contributed by atoms with Crippen molar-refractivity contribution in [1.82, 2.24) is 15.2 Å². The highest BCUT2D eigenvalue weighted by molar-refractivity contribution is 7.13. The van der Waals surface area contributed by atoms with Crippen LogP contribution in [0.2, 0.25) is 0 Å². The van der Waals surface area contributed by atoms with Crippen LogP contribution in [0.3, 0.4) is 0 Å². The minimum Gasteiger partial charge on any atom is -0.320 e. The molecular weight excluding hydrogens is 272 g/mol. The lowest BCUT2D eigenvalue weighted by Crippen LogP contribution is -2.29. The standard InChI is InChI=1S/C14H24N4OS/c1-15-7-5-6-13(19)17-14-16-12(11-20-14)10-18-8-3-2-4-9-18/h11,15H,2-10H2,1H3,(H,16,17,19). The van der Waals surface area contributed by atoms with Crippen molar-refractivity contribution in [3.8, 4) is 0 Å². The minimum atomic E-state index is 0.0547. The van der Waals surface area contributed by atoms with Crippen molar-refractivity contribution < 1.29 is 4.79 Å². The van der Waals surface area contributed by atoms with Gasteiger partial charge in [0.15, 0.2) is 5.13 Å². The van der Waals surface area contributed by atoms with Gasteiger partial charge < -0.3 is 10.6 Å². The van der Waals surface area contributed by atoms with E-state index in [1.165, 1.54) is 43.7 Å². The van der Waals surface area contributed by atoms with Crippen molar-refractivity contribution in [2.45, 2.75) is 38.6 Å². The molecule has 112 valence electrons. The lowest BCUT2D eigenvalue weighted by molar-refractivity contribution is -0.116. The highest BCUT2D eigenvalue weighted by Crippen LogP contribution is 2.19. The Morgan fingerprint density at radius 3 is 2.95 bits per heavy atom. The van der Waals surface area contributed by atoms with Crippen LogP contribution in [0.4, 0.5) is 5.13 Å². The Bertz CT molecular complexity index is 415. The summed E-state index contributed by atoms with van der Waals surface area (Å²) in [5.74, 6) is 0.0547. The molecule has 1 aliphatic rings. The van der Waals surface area contributed by atoms with Crippen molar-refractivity contribution >= 4 is 22.4 Å². The van der Waals surface area contributed by atoms with Crippen molar-refractivity contribution in [2.24, 2.45) is 0 Å². The Balaban J connectivity index is 1.75. The number of amides is 1. The summed E-state index contributed by atoms with van der Waals surface area (Å²) in [6, 6.07) is 0. The van der Waals surface area contributed by atoms with Gasteiger partial charge in [-0.05, 0) is 45.9 Å². The molecule has 2 N–H and O–H groups in total. The van der Waals surface area contributed by atoms with Gasteiger partial charge in [0, 0.05) is 18.3 Å². The van der Waals surface area contributed by atoms with E-state index in [-0.39, 0.29) is 5.91 Å². The zero-order valence-corrected chi connectivity index (χ0v) is 13.0. The fourth-order valence-corrected chi connectivity index (χ4v) is 3.11. The number of hydrogen-bond acceptors (Lipinski definition) is 5. The molecule has 1 saturated heterocycles. The van der Waals surface area contributed by atoms with Crippen LogP contribution in [-0.2, 0) is 11.3 Å². The predicted octanol–water partition coefficient (Wildman–Crippen LogP) is 2.07. The first kappa shape index (κ1) is 15.4. The number of carbonyl (C=O) groups excluding carboxylic acids is 1. The molecule has 1 aromatic rings. The second kappa shape index (κ2) is 8.34. The molecule has 0 aliphatic carbocycles. The molecule has 2 rings (SSSR count). The minimum absolute atomic E-state index is 0.0547. The van der Waals surface area contributed by atoms with Gasteiger partial charge in [0.05, 0.1) is 5.69 Å². The Labute approximate surface area is 124 Å². The molecule has 0 atom stereocenters. The molecule has 0 aromatic carbocycles. The van der Waals surface area contributed by atoms with E-state index in [2.05, 4.69) is 25.9 Å². The predicted molar refractivity (Wildman–Crippen MR) is 83.0 cm³/mol. The molecule has 0 unspecified atom stereocenters. The summed E-state index contributed by atoms with van der Waals surface area (Å²) >= 11 is 1.52. The SMILES string of the molecule is CNCCCC(=O)Nc1nc(CN2CCCCC2)cs1. The zero-order chi connectivity index (χ0) is 14.2. The maximum atomic E-state index is 11.7. The summed E-state index contributed by atoms with van der Waals surface area (Å²) < 4.78 is 0. The second-order valence-corrected chi connectivity index (χ2v) is 6.09. The Morgan fingerprint density at radius 1 is 1.40 bits per heavy atom. The van der Waals surface area contributed by atoms with Crippen LogP contribution in [0.25, 0.3) is 0 Å². The Morgan fingerprint density at radius 2 is 2.20 bits per heavy atom. The van der Waals surface area contributed by atoms with Gasteiger partial charge in [0.2, 0.25) is 5.91 Å². The molecule has 2 heterocycles. The number of hydrogen-bond donors (Lipinski definition) is 2. The number of nitrogens with zero attached hydrogens (tertiary/aromatic N) is 2. The van der Waals surface area contributed by atoms with Crippen molar-refractivity contribution in [2.75, 3.05) is 32.0 Å². The van der Waals surface area contributed by atoms with E-state index in [4.69, 9.17) is 0 Å². The van der Waals surface area contributed by atoms with Gasteiger partial charge in [-0.15, -0.1) is 11.3 Å². The van der Waals surface area contributed by atoms with Gasteiger partial charge in [-0.2, -0.15) is 0 Å². The number of carbonyl (C=O) groups is 1. The number of likely N-dealkylation sites (tertiary alicyclic amines) is 1. The quantitative estimate of drug-likeness (QED) is 0.756. The average Bonchev–Trinajstić information content (AvgIpc) is 2.87. The van der Waals surface area contributed by atoms with E-state index >= 15 is 0 Å². The van der Waals surface area contributed by atoms with Crippen LogP contribution in [0.15, 0.2) is 5.38 Å². The van der Waals surface area contributed by atoms with Gasteiger partial charge in [-0.3, -0.25) is 9.69 Å². The lowest BCUT2D eigenvalue weighted by Gasteiger charge is -2.25. The van der Waals surface area contributed by atoms with Crippen molar-refractivity contribution in [3.05, 3.63) is 11.1 Å². The molecule has 0 bridgehead atoms. The van der Waals surface area contributed by atoms with E-state index < -0.39 is 0 Å². The highest BCUT2D eigenvalue weighted by Gasteiger charge is 2.13. The van der Waals surface area contributed by atoms with Crippen LogP contribution in [0.5, 0.6) is 0 Å². The molecule has 1 fully saturated rings. The zero-order valence-electron chi connectivity index (χ0n) is 12.2. The van der Waals surface area contributed by atoms with Crippen molar-refractivity contribution in [3.63, 3.8) is 0 Å². The van der Waals surface area contributed by atoms with Gasteiger partial charge >= 0.3 is 0 Å². The van der Waals surface area contributed by atoms with Crippen LogP contribution in [-0.4, -0.2) is 42.5 Å². The molecule has 0 saturated carbocycles. The first-order valence-electron chi connectivity index (χ1n) is 7.39. The first-order valence-corrected chi connectivity index (χ1v) is 8.27. The normalized spacial score (nSPS) is 16.2. The summed E-state index contributed by atoms with van der Waals surface area (Å²) in [5.41, 5.74) is 1.07.